The quantitative estimate of drug-likeness (QED) is 0.0859. The highest BCUT2D eigenvalue weighted by Crippen LogP contribution is 2.34. The Morgan fingerprint density at radius 1 is 0.970 bits per heavy atom. The van der Waals surface area contributed by atoms with Crippen LogP contribution in [0.15, 0.2) is 6.07 Å². The van der Waals surface area contributed by atoms with E-state index in [1.165, 1.54) is 0 Å². The number of rotatable bonds is 11. The lowest BCUT2D eigenvalue weighted by atomic mass is 9.79. The van der Waals surface area contributed by atoms with Crippen LogP contribution in [0, 0.1) is 21.5 Å². The summed E-state index contributed by atoms with van der Waals surface area (Å²) in [5.41, 5.74) is -1.28. The van der Waals surface area contributed by atoms with Gasteiger partial charge in [0.05, 0.1) is 26.6 Å². The maximum absolute atomic E-state index is 12.6. The highest BCUT2D eigenvalue weighted by Gasteiger charge is 2.37. The zero-order valence-electron chi connectivity index (χ0n) is 18.8. The number of ether oxygens (including phenoxy) is 4. The molecule has 11 heteroatoms. The van der Waals surface area contributed by atoms with E-state index < -0.39 is 22.8 Å². The zero-order valence-corrected chi connectivity index (χ0v) is 25.3. The zero-order chi connectivity index (χ0) is 25.0. The molecule has 1 heterocycles. The molecule has 0 radical (unpaired) electrons. The van der Waals surface area contributed by atoms with Gasteiger partial charge in [-0.15, -0.1) is 0 Å². The van der Waals surface area contributed by atoms with E-state index in [1.807, 2.05) is 67.8 Å². The van der Waals surface area contributed by atoms with E-state index in [0.29, 0.717) is 26.6 Å². The lowest BCUT2D eigenvalue weighted by molar-refractivity contribution is -0.159. The van der Waals surface area contributed by atoms with Crippen LogP contribution in [0.5, 0.6) is 5.75 Å². The molecule has 0 aromatic heterocycles. The number of carbonyl (C=O) groups is 3. The molecule has 0 amide bonds. The Morgan fingerprint density at radius 2 is 1.48 bits per heavy atom. The van der Waals surface area contributed by atoms with Gasteiger partial charge in [-0.3, -0.25) is 9.59 Å². The van der Waals surface area contributed by atoms with Crippen LogP contribution >= 0.6 is 67.8 Å². The standard InChI is InChI=1S/C22H27I3O8/c1-21(2,5-6-22(3,4)20(29)33-11-12-10-32-12)19(28)31-8-7-30-18(27)15-16(24)13(23)9-14(26)17(15)25/h9,12,26H,5-8,10-11H2,1-4H3. The number of phenols is 1. The predicted molar refractivity (Wildman–Crippen MR) is 145 cm³/mol. The molecule has 0 saturated carbocycles. The normalized spacial score (nSPS) is 15.7. The van der Waals surface area contributed by atoms with Gasteiger partial charge in [0.25, 0.3) is 0 Å². The molecule has 0 bridgehead atoms. The van der Waals surface area contributed by atoms with Gasteiger partial charge < -0.3 is 24.1 Å². The SMILES string of the molecule is CC(C)(CCC(C)(C)C(=O)OCC1CO1)C(=O)OCCOC(=O)c1c(I)c(O)cc(I)c1I. The molecule has 1 saturated heterocycles. The summed E-state index contributed by atoms with van der Waals surface area (Å²) in [5.74, 6) is -1.34. The molecular formula is C22H27I3O8. The summed E-state index contributed by atoms with van der Waals surface area (Å²) in [6.45, 7) is 7.74. The van der Waals surface area contributed by atoms with Crippen LogP contribution in [0.4, 0.5) is 0 Å². The lowest BCUT2D eigenvalue weighted by Gasteiger charge is -2.28. The van der Waals surface area contributed by atoms with Gasteiger partial charge in [-0.05, 0) is 114 Å². The van der Waals surface area contributed by atoms with Crippen molar-refractivity contribution in [1.82, 2.24) is 0 Å². The molecule has 2 rings (SSSR count). The summed E-state index contributed by atoms with van der Waals surface area (Å²) in [4.78, 5) is 37.3. The smallest absolute Gasteiger partial charge is 0.340 e. The first-order valence-electron chi connectivity index (χ1n) is 10.3. The molecule has 33 heavy (non-hydrogen) atoms. The van der Waals surface area contributed by atoms with Crippen molar-refractivity contribution in [2.24, 2.45) is 10.8 Å². The number of epoxide rings is 1. The number of esters is 3. The number of halogens is 3. The molecule has 184 valence electrons. The number of benzene rings is 1. The summed E-state index contributed by atoms with van der Waals surface area (Å²) in [6.07, 6.45) is 0.876. The Kier molecular flexibility index (Phi) is 10.5. The fraction of sp³-hybridized carbons (Fsp3) is 0.591. The fourth-order valence-electron chi connectivity index (χ4n) is 2.66. The van der Waals surface area contributed by atoms with Crippen LogP contribution in [0.3, 0.4) is 0 Å². The molecule has 1 fully saturated rings. The second-order valence-corrected chi connectivity index (χ2v) is 12.3. The van der Waals surface area contributed by atoms with Crippen LogP contribution in [0.1, 0.15) is 50.9 Å². The first-order chi connectivity index (χ1) is 15.3. The molecule has 0 spiro atoms. The van der Waals surface area contributed by atoms with Crippen molar-refractivity contribution < 1.29 is 38.4 Å². The Bertz CT molecular complexity index is 883. The number of hydrogen-bond acceptors (Lipinski definition) is 8. The highest BCUT2D eigenvalue weighted by molar-refractivity contribution is 14.1. The van der Waals surface area contributed by atoms with E-state index in [9.17, 15) is 19.5 Å². The lowest BCUT2D eigenvalue weighted by Crippen LogP contribution is -2.33. The first-order valence-corrected chi connectivity index (χ1v) is 13.5. The topological polar surface area (TPSA) is 112 Å². The summed E-state index contributed by atoms with van der Waals surface area (Å²) < 4.78 is 22.7. The third-order valence-electron chi connectivity index (χ3n) is 5.17. The molecule has 0 aliphatic carbocycles. The van der Waals surface area contributed by atoms with Crippen LogP contribution in [-0.2, 0) is 28.5 Å². The molecule has 1 aliphatic rings. The van der Waals surface area contributed by atoms with Crippen LogP contribution in [0.25, 0.3) is 0 Å². The van der Waals surface area contributed by atoms with E-state index in [1.54, 1.807) is 33.8 Å². The molecule has 1 unspecified atom stereocenters. The van der Waals surface area contributed by atoms with Gasteiger partial charge in [0.15, 0.2) is 0 Å². The van der Waals surface area contributed by atoms with Crippen LogP contribution < -0.4 is 0 Å². The second-order valence-electron chi connectivity index (χ2n) is 8.97. The molecule has 8 nitrogen and oxygen atoms in total. The first kappa shape index (κ1) is 28.8. The maximum Gasteiger partial charge on any atom is 0.340 e. The Balaban J connectivity index is 1.80. The summed E-state index contributed by atoms with van der Waals surface area (Å²) in [6, 6.07) is 1.58. The largest absolute Gasteiger partial charge is 0.507 e. The molecule has 1 atom stereocenters. The molecule has 1 aromatic carbocycles. The number of hydrogen-bond donors (Lipinski definition) is 1. The molecule has 1 aliphatic heterocycles. The van der Waals surface area contributed by atoms with Gasteiger partial charge >= 0.3 is 17.9 Å². The van der Waals surface area contributed by atoms with Crippen LogP contribution in [-0.4, -0.2) is 55.5 Å². The predicted octanol–water partition coefficient (Wildman–Crippen LogP) is 4.68. The highest BCUT2D eigenvalue weighted by atomic mass is 127. The Morgan fingerprint density at radius 3 is 2.03 bits per heavy atom. The third kappa shape index (κ3) is 8.33. The number of aromatic hydroxyl groups is 1. The number of carbonyl (C=O) groups excluding carboxylic acids is 3. The van der Waals surface area contributed by atoms with Crippen molar-refractivity contribution >= 4 is 85.7 Å². The molecule has 1 aromatic rings. The molecular weight excluding hydrogens is 773 g/mol. The van der Waals surface area contributed by atoms with E-state index >= 15 is 0 Å². The minimum absolute atomic E-state index is 0.00761. The van der Waals surface area contributed by atoms with E-state index in [0.717, 1.165) is 3.57 Å². The minimum atomic E-state index is -0.826. The average Bonchev–Trinajstić information content (AvgIpc) is 3.57. The van der Waals surface area contributed by atoms with E-state index in [-0.39, 0.29) is 43.2 Å². The van der Waals surface area contributed by atoms with Gasteiger partial charge in [-0.25, -0.2) is 4.79 Å². The van der Waals surface area contributed by atoms with Crippen molar-refractivity contribution in [3.05, 3.63) is 22.3 Å². The average molecular weight is 800 g/mol. The summed E-state index contributed by atoms with van der Waals surface area (Å²) in [7, 11) is 0. The van der Waals surface area contributed by atoms with Crippen molar-refractivity contribution in [3.8, 4) is 5.75 Å². The van der Waals surface area contributed by atoms with Crippen molar-refractivity contribution in [3.63, 3.8) is 0 Å². The van der Waals surface area contributed by atoms with Crippen molar-refractivity contribution in [2.45, 2.75) is 46.6 Å². The fourth-order valence-corrected chi connectivity index (χ4v) is 5.04. The summed E-state index contributed by atoms with van der Waals surface area (Å²) in [5, 5.41) is 9.96. The number of phenolic OH excluding ortho intramolecular Hbond substituents is 1. The molecule has 1 N–H and O–H groups in total. The monoisotopic (exact) mass is 800 g/mol. The van der Waals surface area contributed by atoms with E-state index in [4.69, 9.17) is 18.9 Å². The Labute approximate surface area is 234 Å². The maximum atomic E-state index is 12.6. The van der Waals surface area contributed by atoms with Crippen LogP contribution in [0.2, 0.25) is 0 Å². The Hall–Kier alpha value is -0.420. The second kappa shape index (κ2) is 12.0. The van der Waals surface area contributed by atoms with Gasteiger partial charge in [-0.1, -0.05) is 0 Å². The van der Waals surface area contributed by atoms with Crippen molar-refractivity contribution in [2.75, 3.05) is 26.4 Å². The minimum Gasteiger partial charge on any atom is -0.507 e. The van der Waals surface area contributed by atoms with Crippen molar-refractivity contribution in [1.29, 1.82) is 0 Å². The van der Waals surface area contributed by atoms with E-state index in [2.05, 4.69) is 0 Å². The summed E-state index contributed by atoms with van der Waals surface area (Å²) >= 11 is 5.95. The van der Waals surface area contributed by atoms with Gasteiger partial charge in [0.1, 0.15) is 31.7 Å². The van der Waals surface area contributed by atoms with Gasteiger partial charge in [-0.2, -0.15) is 0 Å². The third-order valence-corrected chi connectivity index (χ3v) is 9.27. The van der Waals surface area contributed by atoms with Gasteiger partial charge in [0, 0.05) is 7.14 Å². The van der Waals surface area contributed by atoms with Gasteiger partial charge in [0.2, 0.25) is 0 Å².